The van der Waals surface area contributed by atoms with E-state index in [0.717, 1.165) is 17.6 Å². The van der Waals surface area contributed by atoms with Crippen molar-refractivity contribution in [2.45, 2.75) is 38.8 Å². The lowest BCUT2D eigenvalue weighted by molar-refractivity contribution is -0.0294. The molecular formula is C17H23N7O4. The predicted octanol–water partition coefficient (Wildman–Crippen LogP) is -0.0654. The van der Waals surface area contributed by atoms with Crippen LogP contribution in [0.3, 0.4) is 0 Å². The lowest BCUT2D eigenvalue weighted by atomic mass is 10.0. The number of piperidine rings is 1. The Morgan fingerprint density at radius 1 is 1.32 bits per heavy atom. The number of carbonyl (C=O) groups is 2. The number of nitrogens with zero attached hydrogens (tertiary/aromatic N) is 6. The molecule has 28 heavy (non-hydrogen) atoms. The Balaban J connectivity index is 1.40. The Morgan fingerprint density at radius 3 is 2.75 bits per heavy atom. The summed E-state index contributed by atoms with van der Waals surface area (Å²) in [5.41, 5.74) is 0.864. The standard InChI is InChI=1S/C17H23N7O4/c1-10-15(24(27)11(2)18-10)16(25)19-12-4-3-5-22(6-12)17(26)14-7-23(21-20-14)13-8-28-9-13/h7,12-13,27H,3-6,8-9H2,1-2H3,(H,19,25). The van der Waals surface area contributed by atoms with E-state index in [-0.39, 0.29) is 23.7 Å². The zero-order valence-electron chi connectivity index (χ0n) is 15.8. The normalized spacial score (nSPS) is 20.1. The van der Waals surface area contributed by atoms with E-state index in [1.807, 2.05) is 0 Å². The summed E-state index contributed by atoms with van der Waals surface area (Å²) in [5, 5.41) is 20.9. The number of ether oxygens (including phenoxy) is 1. The Kier molecular flexibility index (Phi) is 4.75. The molecule has 0 radical (unpaired) electrons. The number of amides is 2. The molecule has 0 bridgehead atoms. The average Bonchev–Trinajstić information content (AvgIpc) is 3.18. The molecule has 2 amide bonds. The lowest BCUT2D eigenvalue weighted by Gasteiger charge is -2.32. The van der Waals surface area contributed by atoms with Crippen LogP contribution in [-0.4, -0.2) is 79.0 Å². The number of carbonyl (C=O) groups excluding carboxylic acids is 2. The highest BCUT2D eigenvalue weighted by molar-refractivity contribution is 5.94. The molecule has 150 valence electrons. The van der Waals surface area contributed by atoms with E-state index in [9.17, 15) is 14.8 Å². The van der Waals surface area contributed by atoms with Crippen LogP contribution in [0.1, 0.15) is 51.4 Å². The number of likely N-dealkylation sites (tertiary alicyclic amines) is 1. The molecule has 0 saturated carbocycles. The monoisotopic (exact) mass is 389 g/mol. The lowest BCUT2D eigenvalue weighted by Crippen LogP contribution is -2.50. The van der Waals surface area contributed by atoms with Gasteiger partial charge in [-0.15, -0.1) is 5.10 Å². The molecule has 11 nitrogen and oxygen atoms in total. The molecule has 1 atom stereocenters. The highest BCUT2D eigenvalue weighted by Crippen LogP contribution is 2.18. The van der Waals surface area contributed by atoms with Crippen molar-refractivity contribution in [2.75, 3.05) is 26.3 Å². The molecule has 2 aliphatic heterocycles. The van der Waals surface area contributed by atoms with E-state index in [2.05, 4.69) is 20.6 Å². The molecule has 0 aliphatic carbocycles. The number of rotatable bonds is 4. The zero-order chi connectivity index (χ0) is 19.8. The first-order valence-corrected chi connectivity index (χ1v) is 9.29. The van der Waals surface area contributed by atoms with E-state index in [1.54, 1.807) is 29.6 Å². The van der Waals surface area contributed by atoms with E-state index in [0.29, 0.717) is 43.5 Å². The van der Waals surface area contributed by atoms with Crippen molar-refractivity contribution in [1.29, 1.82) is 0 Å². The Morgan fingerprint density at radius 2 is 2.11 bits per heavy atom. The molecule has 2 aromatic heterocycles. The molecule has 4 rings (SSSR count). The molecule has 0 aromatic carbocycles. The second kappa shape index (κ2) is 7.23. The third-order valence-electron chi connectivity index (χ3n) is 5.17. The van der Waals surface area contributed by atoms with Gasteiger partial charge in [-0.05, 0) is 26.7 Å². The Bertz CT molecular complexity index is 901. The van der Waals surface area contributed by atoms with Crippen molar-refractivity contribution in [3.63, 3.8) is 0 Å². The summed E-state index contributed by atoms with van der Waals surface area (Å²) in [6.07, 6.45) is 3.16. The van der Waals surface area contributed by atoms with E-state index in [4.69, 9.17) is 4.74 Å². The van der Waals surface area contributed by atoms with Gasteiger partial charge in [-0.3, -0.25) is 9.59 Å². The van der Waals surface area contributed by atoms with Crippen LogP contribution in [0.5, 0.6) is 0 Å². The largest absolute Gasteiger partial charge is 0.426 e. The van der Waals surface area contributed by atoms with Gasteiger partial charge in [0.2, 0.25) is 0 Å². The van der Waals surface area contributed by atoms with Gasteiger partial charge in [-0.2, -0.15) is 4.73 Å². The summed E-state index contributed by atoms with van der Waals surface area (Å²) < 4.78 is 7.58. The predicted molar refractivity (Wildman–Crippen MR) is 95.2 cm³/mol. The van der Waals surface area contributed by atoms with E-state index >= 15 is 0 Å². The first kappa shape index (κ1) is 18.4. The molecule has 11 heteroatoms. The summed E-state index contributed by atoms with van der Waals surface area (Å²) >= 11 is 0. The minimum atomic E-state index is -0.407. The molecule has 0 spiro atoms. The molecule has 2 aliphatic rings. The van der Waals surface area contributed by atoms with Gasteiger partial charge in [-0.1, -0.05) is 5.21 Å². The summed E-state index contributed by atoms with van der Waals surface area (Å²) in [6, 6.07) is -0.0765. The highest BCUT2D eigenvalue weighted by atomic mass is 16.5. The summed E-state index contributed by atoms with van der Waals surface area (Å²) in [7, 11) is 0. The fourth-order valence-corrected chi connectivity index (χ4v) is 3.54. The maximum atomic E-state index is 12.8. The van der Waals surface area contributed by atoms with Crippen LogP contribution in [0.15, 0.2) is 6.20 Å². The first-order chi connectivity index (χ1) is 13.4. The smallest absolute Gasteiger partial charge is 0.276 e. The van der Waals surface area contributed by atoms with Crippen molar-refractivity contribution in [1.82, 2.24) is 34.9 Å². The van der Waals surface area contributed by atoms with Crippen LogP contribution in [0.25, 0.3) is 0 Å². The van der Waals surface area contributed by atoms with Crippen LogP contribution in [-0.2, 0) is 4.74 Å². The van der Waals surface area contributed by atoms with Gasteiger partial charge in [0.05, 0.1) is 25.1 Å². The maximum Gasteiger partial charge on any atom is 0.276 e. The van der Waals surface area contributed by atoms with Gasteiger partial charge in [0.25, 0.3) is 11.8 Å². The Labute approximate surface area is 161 Å². The van der Waals surface area contributed by atoms with Crippen LogP contribution in [0.2, 0.25) is 0 Å². The van der Waals surface area contributed by atoms with Gasteiger partial charge < -0.3 is 20.2 Å². The third-order valence-corrected chi connectivity index (χ3v) is 5.17. The van der Waals surface area contributed by atoms with Crippen molar-refractivity contribution >= 4 is 11.8 Å². The molecule has 2 fully saturated rings. The third kappa shape index (κ3) is 3.33. The molecule has 2 saturated heterocycles. The quantitative estimate of drug-likeness (QED) is 0.701. The number of hydrogen-bond donors (Lipinski definition) is 2. The van der Waals surface area contributed by atoms with Crippen molar-refractivity contribution in [3.8, 4) is 0 Å². The van der Waals surface area contributed by atoms with Gasteiger partial charge in [0.1, 0.15) is 11.9 Å². The van der Waals surface area contributed by atoms with Gasteiger partial charge >= 0.3 is 0 Å². The van der Waals surface area contributed by atoms with Crippen LogP contribution >= 0.6 is 0 Å². The summed E-state index contributed by atoms with van der Waals surface area (Å²) in [6.45, 7) is 5.42. The first-order valence-electron chi connectivity index (χ1n) is 9.29. The number of imidazole rings is 1. The van der Waals surface area contributed by atoms with E-state index < -0.39 is 5.91 Å². The summed E-state index contributed by atoms with van der Waals surface area (Å²) in [4.78, 5) is 31.1. The molecule has 1 unspecified atom stereocenters. The average molecular weight is 389 g/mol. The zero-order valence-corrected chi connectivity index (χ0v) is 15.8. The van der Waals surface area contributed by atoms with Gasteiger partial charge in [0, 0.05) is 19.1 Å². The minimum Gasteiger partial charge on any atom is -0.426 e. The minimum absolute atomic E-state index is 0.117. The van der Waals surface area contributed by atoms with Crippen LogP contribution in [0, 0.1) is 13.8 Å². The number of aryl methyl sites for hydroxylation is 2. The van der Waals surface area contributed by atoms with Crippen LogP contribution in [0.4, 0.5) is 0 Å². The van der Waals surface area contributed by atoms with Crippen LogP contribution < -0.4 is 5.32 Å². The topological polar surface area (TPSA) is 127 Å². The Hall–Kier alpha value is -2.95. The molecule has 2 N–H and O–H groups in total. The maximum absolute atomic E-state index is 12.8. The fraction of sp³-hybridized carbons (Fsp3) is 0.588. The molecule has 2 aromatic rings. The second-order valence-electron chi connectivity index (χ2n) is 7.24. The number of hydrogen-bond acceptors (Lipinski definition) is 7. The van der Waals surface area contributed by atoms with Crippen molar-refractivity contribution < 1.29 is 19.5 Å². The fourth-order valence-electron chi connectivity index (χ4n) is 3.54. The number of aromatic nitrogens is 5. The molecule has 4 heterocycles. The van der Waals surface area contributed by atoms with Gasteiger partial charge in [0.15, 0.2) is 11.4 Å². The van der Waals surface area contributed by atoms with E-state index in [1.165, 1.54) is 0 Å². The molecular weight excluding hydrogens is 366 g/mol. The second-order valence-corrected chi connectivity index (χ2v) is 7.24. The van der Waals surface area contributed by atoms with Gasteiger partial charge in [-0.25, -0.2) is 9.67 Å². The SMILES string of the molecule is Cc1nc(C)n(O)c1C(=O)NC1CCCN(C(=O)c2cn(C3COC3)nn2)C1. The van der Waals surface area contributed by atoms with Crippen molar-refractivity contribution in [2.24, 2.45) is 0 Å². The highest BCUT2D eigenvalue weighted by Gasteiger charge is 2.30. The summed E-state index contributed by atoms with van der Waals surface area (Å²) in [5.74, 6) is -0.261. The number of nitrogens with one attached hydrogen (secondary N) is 1. The van der Waals surface area contributed by atoms with Crippen molar-refractivity contribution in [3.05, 3.63) is 29.1 Å².